The Balaban J connectivity index is 1.27. The number of piperidine rings is 2. The van der Waals surface area contributed by atoms with Crippen molar-refractivity contribution in [2.24, 2.45) is 5.92 Å². The number of carbonyl (C=O) groups is 2. The molecule has 0 saturated carbocycles. The van der Waals surface area contributed by atoms with Crippen molar-refractivity contribution in [1.29, 1.82) is 0 Å². The minimum atomic E-state index is -0.285. The molecule has 0 spiro atoms. The fraction of sp³-hybridized carbons (Fsp3) is 0.742. The average molecular weight is 529 g/mol. The van der Waals surface area contributed by atoms with Gasteiger partial charge >= 0.3 is 11.9 Å². The second-order valence-corrected chi connectivity index (χ2v) is 14.4. The lowest BCUT2D eigenvalue weighted by Gasteiger charge is -2.46. The minimum Gasteiger partial charge on any atom is -0.462 e. The molecule has 7 heteroatoms. The molecule has 2 N–H and O–H groups in total. The van der Waals surface area contributed by atoms with Crippen molar-refractivity contribution >= 4 is 11.9 Å². The Morgan fingerprint density at radius 2 is 1.21 bits per heavy atom. The van der Waals surface area contributed by atoms with Crippen LogP contribution in [0.15, 0.2) is 24.3 Å². The normalized spacial score (nSPS) is 28.8. The Hall–Kier alpha value is -1.96. The van der Waals surface area contributed by atoms with Crippen molar-refractivity contribution in [2.75, 3.05) is 6.61 Å². The van der Waals surface area contributed by atoms with Gasteiger partial charge in [0.2, 0.25) is 0 Å². The Kier molecular flexibility index (Phi) is 8.06. The SMILES string of the molecule is CC1(C)CC(OC(=O)c2ccc(C3CCC(C(=O)OC4CC(C)(C)NC(C)(C)C4)CO3)cc2)CC(C)(C)N1. The predicted molar refractivity (Wildman–Crippen MR) is 148 cm³/mol. The van der Waals surface area contributed by atoms with E-state index in [1.165, 1.54) is 0 Å². The molecule has 0 amide bonds. The van der Waals surface area contributed by atoms with Crippen LogP contribution in [-0.2, 0) is 19.0 Å². The first-order chi connectivity index (χ1) is 17.5. The molecule has 3 aliphatic rings. The molecule has 0 bridgehead atoms. The van der Waals surface area contributed by atoms with Crippen molar-refractivity contribution in [3.8, 4) is 0 Å². The van der Waals surface area contributed by atoms with Crippen LogP contribution < -0.4 is 10.6 Å². The predicted octanol–water partition coefficient (Wildman–Crippen LogP) is 5.47. The molecule has 3 aliphatic heterocycles. The lowest BCUT2D eigenvalue weighted by Crippen LogP contribution is -2.60. The highest BCUT2D eigenvalue weighted by molar-refractivity contribution is 5.89. The van der Waals surface area contributed by atoms with Crippen molar-refractivity contribution in [1.82, 2.24) is 10.6 Å². The Morgan fingerprint density at radius 1 is 0.737 bits per heavy atom. The molecule has 4 rings (SSSR count). The van der Waals surface area contributed by atoms with Gasteiger partial charge in [0.1, 0.15) is 12.2 Å². The molecule has 0 aliphatic carbocycles. The maximum absolute atomic E-state index is 12.9. The summed E-state index contributed by atoms with van der Waals surface area (Å²) in [5.41, 5.74) is 1.26. The maximum atomic E-state index is 12.9. The third-order valence-electron chi connectivity index (χ3n) is 7.99. The van der Waals surface area contributed by atoms with E-state index in [-0.39, 0.29) is 58.3 Å². The molecule has 3 fully saturated rings. The monoisotopic (exact) mass is 528 g/mol. The number of benzene rings is 1. The van der Waals surface area contributed by atoms with Crippen LogP contribution in [-0.4, -0.2) is 52.9 Å². The topological polar surface area (TPSA) is 85.9 Å². The molecule has 3 saturated heterocycles. The van der Waals surface area contributed by atoms with Crippen molar-refractivity contribution in [3.63, 3.8) is 0 Å². The Labute approximate surface area is 228 Å². The van der Waals surface area contributed by atoms with E-state index < -0.39 is 0 Å². The number of carbonyl (C=O) groups excluding carboxylic acids is 2. The van der Waals surface area contributed by atoms with Crippen LogP contribution in [0.5, 0.6) is 0 Å². The molecular formula is C31H48N2O5. The van der Waals surface area contributed by atoms with Gasteiger partial charge in [0.05, 0.1) is 24.2 Å². The number of ether oxygens (including phenoxy) is 3. The second kappa shape index (κ2) is 10.5. The van der Waals surface area contributed by atoms with Crippen molar-refractivity contribution in [3.05, 3.63) is 35.4 Å². The highest BCUT2D eigenvalue weighted by Crippen LogP contribution is 2.35. The molecule has 1 aromatic rings. The van der Waals surface area contributed by atoms with Gasteiger partial charge in [0, 0.05) is 47.8 Å². The smallest absolute Gasteiger partial charge is 0.338 e. The van der Waals surface area contributed by atoms with E-state index in [1.54, 1.807) is 0 Å². The van der Waals surface area contributed by atoms with E-state index >= 15 is 0 Å². The largest absolute Gasteiger partial charge is 0.462 e. The molecule has 3 heterocycles. The van der Waals surface area contributed by atoms with Crippen LogP contribution in [0, 0.1) is 5.92 Å². The molecule has 1 aromatic carbocycles. The standard InChI is InChI=1S/C31H48N2O5/c1-28(2)15-23(16-29(3,4)32-28)37-26(34)21-11-9-20(10-12-21)25-14-13-22(19-36-25)27(35)38-24-17-30(5,6)33-31(7,8)18-24/h9-12,22-25,32-33H,13-19H2,1-8H3. The van der Waals surface area contributed by atoms with Gasteiger partial charge in [-0.2, -0.15) is 0 Å². The van der Waals surface area contributed by atoms with Crippen LogP contribution in [0.2, 0.25) is 0 Å². The van der Waals surface area contributed by atoms with Gasteiger partial charge in [-0.1, -0.05) is 12.1 Å². The van der Waals surface area contributed by atoms with Gasteiger partial charge in [0.25, 0.3) is 0 Å². The van der Waals surface area contributed by atoms with Gasteiger partial charge in [-0.05, 0) is 85.9 Å². The highest BCUT2D eigenvalue weighted by Gasteiger charge is 2.41. The number of hydrogen-bond donors (Lipinski definition) is 2. The molecule has 7 nitrogen and oxygen atoms in total. The molecule has 0 aromatic heterocycles. The van der Waals surface area contributed by atoms with E-state index in [0.717, 1.165) is 44.1 Å². The van der Waals surface area contributed by atoms with E-state index in [1.807, 2.05) is 24.3 Å². The van der Waals surface area contributed by atoms with Crippen LogP contribution >= 0.6 is 0 Å². The molecule has 2 unspecified atom stereocenters. The van der Waals surface area contributed by atoms with E-state index in [2.05, 4.69) is 66.0 Å². The van der Waals surface area contributed by atoms with Crippen molar-refractivity contribution < 1.29 is 23.8 Å². The Bertz CT molecular complexity index is 974. The summed E-state index contributed by atoms with van der Waals surface area (Å²) in [5.74, 6) is -0.670. The number of nitrogens with one attached hydrogen (secondary N) is 2. The second-order valence-electron chi connectivity index (χ2n) is 14.4. The Morgan fingerprint density at radius 3 is 1.66 bits per heavy atom. The zero-order valence-electron chi connectivity index (χ0n) is 24.6. The maximum Gasteiger partial charge on any atom is 0.338 e. The first-order valence-corrected chi connectivity index (χ1v) is 14.2. The number of hydrogen-bond acceptors (Lipinski definition) is 7. The first kappa shape index (κ1) is 29.0. The summed E-state index contributed by atoms with van der Waals surface area (Å²) in [6, 6.07) is 7.52. The third kappa shape index (κ3) is 7.57. The van der Waals surface area contributed by atoms with Crippen LogP contribution in [0.3, 0.4) is 0 Å². The summed E-state index contributed by atoms with van der Waals surface area (Å²) in [6.07, 6.45) is 4.36. The quantitative estimate of drug-likeness (QED) is 0.490. The fourth-order valence-electron chi connectivity index (χ4n) is 7.14. The zero-order chi connectivity index (χ0) is 27.9. The molecule has 2 atom stereocenters. The average Bonchev–Trinajstić information content (AvgIpc) is 2.75. The first-order valence-electron chi connectivity index (χ1n) is 14.2. The minimum absolute atomic E-state index is 0.0692. The van der Waals surface area contributed by atoms with Gasteiger partial charge in [-0.15, -0.1) is 0 Å². The van der Waals surface area contributed by atoms with Gasteiger partial charge < -0.3 is 24.8 Å². The summed E-state index contributed by atoms with van der Waals surface area (Å²) < 4.78 is 18.0. The summed E-state index contributed by atoms with van der Waals surface area (Å²) in [6.45, 7) is 17.6. The lowest BCUT2D eigenvalue weighted by molar-refractivity contribution is -0.164. The number of esters is 2. The summed E-state index contributed by atoms with van der Waals surface area (Å²) in [5, 5.41) is 7.25. The number of rotatable bonds is 5. The molecular weight excluding hydrogens is 480 g/mol. The van der Waals surface area contributed by atoms with Gasteiger partial charge in [-0.25, -0.2) is 4.79 Å². The van der Waals surface area contributed by atoms with Crippen molar-refractivity contribution in [2.45, 2.75) is 134 Å². The summed E-state index contributed by atoms with van der Waals surface area (Å²) in [7, 11) is 0. The zero-order valence-corrected chi connectivity index (χ0v) is 24.6. The van der Waals surface area contributed by atoms with Crippen LogP contribution in [0.4, 0.5) is 0 Å². The lowest BCUT2D eigenvalue weighted by atomic mass is 9.81. The molecule has 0 radical (unpaired) electrons. The van der Waals surface area contributed by atoms with Gasteiger partial charge in [0.15, 0.2) is 0 Å². The van der Waals surface area contributed by atoms with E-state index in [4.69, 9.17) is 14.2 Å². The third-order valence-corrected chi connectivity index (χ3v) is 7.99. The molecule has 38 heavy (non-hydrogen) atoms. The summed E-state index contributed by atoms with van der Waals surface area (Å²) >= 11 is 0. The molecule has 212 valence electrons. The van der Waals surface area contributed by atoms with E-state index in [0.29, 0.717) is 12.2 Å². The van der Waals surface area contributed by atoms with Crippen LogP contribution in [0.25, 0.3) is 0 Å². The van der Waals surface area contributed by atoms with Gasteiger partial charge in [-0.3, -0.25) is 4.79 Å². The van der Waals surface area contributed by atoms with Crippen LogP contribution in [0.1, 0.15) is 116 Å². The summed E-state index contributed by atoms with van der Waals surface area (Å²) in [4.78, 5) is 25.8. The van der Waals surface area contributed by atoms with E-state index in [9.17, 15) is 9.59 Å². The fourth-order valence-corrected chi connectivity index (χ4v) is 7.14. The highest BCUT2D eigenvalue weighted by atomic mass is 16.6.